The van der Waals surface area contributed by atoms with Crippen LogP contribution in [0.4, 0.5) is 11.4 Å². The second kappa shape index (κ2) is 7.88. The van der Waals surface area contributed by atoms with Gasteiger partial charge in [-0.25, -0.2) is 14.2 Å². The Balaban J connectivity index is 1.92. The molecule has 4 rings (SSSR count). The highest BCUT2D eigenvalue weighted by atomic mass is 16.4. The van der Waals surface area contributed by atoms with E-state index in [9.17, 15) is 19.8 Å². The van der Waals surface area contributed by atoms with Gasteiger partial charge < -0.3 is 10.2 Å². The lowest BCUT2D eigenvalue weighted by atomic mass is 10.2. The summed E-state index contributed by atoms with van der Waals surface area (Å²) in [6.45, 7) is 0. The van der Waals surface area contributed by atoms with Crippen LogP contribution in [0, 0.1) is 0 Å². The van der Waals surface area contributed by atoms with Crippen molar-refractivity contribution in [2.45, 2.75) is 0 Å². The molecule has 0 saturated heterocycles. The molecule has 0 atom stereocenters. The van der Waals surface area contributed by atoms with E-state index in [-0.39, 0.29) is 16.9 Å². The number of azo groups is 1. The largest absolute Gasteiger partial charge is 0.492 e. The van der Waals surface area contributed by atoms with Crippen LogP contribution in [0.25, 0.3) is 11.4 Å². The van der Waals surface area contributed by atoms with Crippen molar-refractivity contribution in [2.75, 3.05) is 0 Å². The van der Waals surface area contributed by atoms with Crippen LogP contribution in [0.2, 0.25) is 0 Å². The summed E-state index contributed by atoms with van der Waals surface area (Å²) >= 11 is 0. The maximum atomic E-state index is 13.1. The SMILES string of the molecule is O=C(O)c1ccccc1N=Nc1c(O)n(-c2ccccc2)n(-c2ccccc2)c1=O. The number of aromatic hydroxyl groups is 1. The molecule has 1 heterocycles. The van der Waals surface area contributed by atoms with Gasteiger partial charge in [0, 0.05) is 0 Å². The van der Waals surface area contributed by atoms with Crippen LogP contribution in [-0.2, 0) is 0 Å². The number of para-hydroxylation sites is 2. The Morgan fingerprint density at radius 2 is 1.27 bits per heavy atom. The van der Waals surface area contributed by atoms with Crippen LogP contribution in [0.3, 0.4) is 0 Å². The fourth-order valence-corrected chi connectivity index (χ4v) is 3.02. The Labute approximate surface area is 170 Å². The summed E-state index contributed by atoms with van der Waals surface area (Å²) in [5.41, 5.74) is 0.175. The molecule has 8 nitrogen and oxygen atoms in total. The number of carbonyl (C=O) groups is 1. The van der Waals surface area contributed by atoms with Gasteiger partial charge >= 0.3 is 11.5 Å². The molecule has 0 aliphatic rings. The molecule has 0 radical (unpaired) electrons. The van der Waals surface area contributed by atoms with Gasteiger partial charge in [-0.05, 0) is 36.4 Å². The molecule has 148 valence electrons. The maximum Gasteiger partial charge on any atom is 0.337 e. The monoisotopic (exact) mass is 400 g/mol. The smallest absolute Gasteiger partial charge is 0.337 e. The molecule has 1 aromatic heterocycles. The van der Waals surface area contributed by atoms with Gasteiger partial charge in [-0.2, -0.15) is 0 Å². The molecule has 0 spiro atoms. The third-order valence-corrected chi connectivity index (χ3v) is 4.40. The minimum atomic E-state index is -1.17. The maximum absolute atomic E-state index is 13.1. The number of aromatic carboxylic acids is 1. The van der Waals surface area contributed by atoms with Gasteiger partial charge in [0.2, 0.25) is 11.6 Å². The van der Waals surface area contributed by atoms with Crippen molar-refractivity contribution in [1.29, 1.82) is 0 Å². The fourth-order valence-electron chi connectivity index (χ4n) is 3.02. The van der Waals surface area contributed by atoms with Gasteiger partial charge in [-0.3, -0.25) is 4.79 Å². The topological polar surface area (TPSA) is 109 Å². The van der Waals surface area contributed by atoms with Crippen molar-refractivity contribution in [3.63, 3.8) is 0 Å². The summed E-state index contributed by atoms with van der Waals surface area (Å²) < 4.78 is 2.61. The van der Waals surface area contributed by atoms with Gasteiger partial charge in [-0.15, -0.1) is 10.2 Å². The van der Waals surface area contributed by atoms with Crippen molar-refractivity contribution in [2.24, 2.45) is 10.2 Å². The summed E-state index contributed by atoms with van der Waals surface area (Å²) in [5.74, 6) is -1.58. The molecular weight excluding hydrogens is 384 g/mol. The molecule has 0 fully saturated rings. The number of carboxylic acid groups (broad SMARTS) is 1. The lowest BCUT2D eigenvalue weighted by Crippen LogP contribution is -2.20. The number of nitrogens with zero attached hydrogens (tertiary/aromatic N) is 4. The Morgan fingerprint density at radius 1 is 0.733 bits per heavy atom. The molecule has 0 bridgehead atoms. The van der Waals surface area contributed by atoms with E-state index in [2.05, 4.69) is 10.2 Å². The second-order valence-electron chi connectivity index (χ2n) is 6.29. The lowest BCUT2D eigenvalue weighted by molar-refractivity contribution is 0.0697. The zero-order valence-electron chi connectivity index (χ0n) is 15.6. The normalized spacial score (nSPS) is 11.1. The lowest BCUT2D eigenvalue weighted by Gasteiger charge is -2.12. The van der Waals surface area contributed by atoms with E-state index in [4.69, 9.17) is 0 Å². The standard InChI is InChI=1S/C22H16N4O4/c27-20-19(24-23-18-14-8-7-13-17(18)22(29)30)21(28)26(16-11-5-2-6-12-16)25(20)15-9-3-1-4-10-15/h1-14,27H,(H,29,30). The molecule has 30 heavy (non-hydrogen) atoms. The van der Waals surface area contributed by atoms with E-state index in [0.29, 0.717) is 11.4 Å². The van der Waals surface area contributed by atoms with E-state index in [1.165, 1.54) is 21.5 Å². The number of hydrogen-bond donors (Lipinski definition) is 2. The Kier molecular flexibility index (Phi) is 4.96. The third-order valence-electron chi connectivity index (χ3n) is 4.40. The quantitative estimate of drug-likeness (QED) is 0.482. The van der Waals surface area contributed by atoms with Crippen LogP contribution < -0.4 is 5.56 Å². The Bertz CT molecular complexity index is 1290. The number of hydrogen-bond acceptors (Lipinski definition) is 5. The van der Waals surface area contributed by atoms with Gasteiger partial charge in [0.15, 0.2) is 0 Å². The summed E-state index contributed by atoms with van der Waals surface area (Å²) in [4.78, 5) is 24.5. The first-order valence-corrected chi connectivity index (χ1v) is 9.00. The Hall–Kier alpha value is -4.46. The second-order valence-corrected chi connectivity index (χ2v) is 6.29. The highest BCUT2D eigenvalue weighted by Gasteiger charge is 2.22. The molecule has 0 aliphatic carbocycles. The van der Waals surface area contributed by atoms with E-state index < -0.39 is 17.4 Å². The van der Waals surface area contributed by atoms with Crippen molar-refractivity contribution in [3.8, 4) is 17.3 Å². The first-order chi connectivity index (χ1) is 14.6. The third kappa shape index (κ3) is 3.37. The summed E-state index contributed by atoms with van der Waals surface area (Å²) in [6, 6.07) is 23.7. The number of carboxylic acids is 1. The molecule has 4 aromatic rings. The zero-order valence-corrected chi connectivity index (χ0v) is 15.6. The predicted octanol–water partition coefficient (Wildman–Crippen LogP) is 4.45. The molecule has 8 heteroatoms. The van der Waals surface area contributed by atoms with Crippen molar-refractivity contribution >= 4 is 17.3 Å². The summed E-state index contributed by atoms with van der Waals surface area (Å²) in [6.07, 6.45) is 0. The van der Waals surface area contributed by atoms with Crippen molar-refractivity contribution in [3.05, 3.63) is 101 Å². The molecule has 3 aromatic carbocycles. The highest BCUT2D eigenvalue weighted by molar-refractivity contribution is 5.93. The van der Waals surface area contributed by atoms with E-state index in [0.717, 1.165) is 0 Å². The summed E-state index contributed by atoms with van der Waals surface area (Å²) in [7, 11) is 0. The van der Waals surface area contributed by atoms with Crippen LogP contribution in [0.5, 0.6) is 5.88 Å². The van der Waals surface area contributed by atoms with E-state index >= 15 is 0 Å². The minimum absolute atomic E-state index is 0.0633. The van der Waals surface area contributed by atoms with E-state index in [1.807, 2.05) is 12.1 Å². The van der Waals surface area contributed by atoms with E-state index in [1.54, 1.807) is 60.7 Å². The first-order valence-electron chi connectivity index (χ1n) is 9.00. The van der Waals surface area contributed by atoms with Crippen LogP contribution in [0.1, 0.15) is 10.4 Å². The number of benzene rings is 3. The van der Waals surface area contributed by atoms with Gasteiger partial charge in [0.1, 0.15) is 5.69 Å². The van der Waals surface area contributed by atoms with Crippen LogP contribution >= 0.6 is 0 Å². The summed E-state index contributed by atoms with van der Waals surface area (Å²) in [5, 5.41) is 28.0. The molecule has 0 saturated carbocycles. The van der Waals surface area contributed by atoms with Crippen molar-refractivity contribution < 1.29 is 15.0 Å². The van der Waals surface area contributed by atoms with Crippen LogP contribution in [0.15, 0.2) is 100.0 Å². The van der Waals surface area contributed by atoms with Gasteiger partial charge in [0.25, 0.3) is 0 Å². The average Bonchev–Trinajstić information content (AvgIpc) is 3.03. The van der Waals surface area contributed by atoms with Crippen LogP contribution in [-0.4, -0.2) is 25.5 Å². The average molecular weight is 400 g/mol. The van der Waals surface area contributed by atoms with Gasteiger partial charge in [-0.1, -0.05) is 48.5 Å². The minimum Gasteiger partial charge on any atom is -0.492 e. The molecule has 0 amide bonds. The first kappa shape index (κ1) is 18.9. The molecule has 0 unspecified atom stereocenters. The molecule has 0 aliphatic heterocycles. The predicted molar refractivity (Wildman–Crippen MR) is 111 cm³/mol. The highest BCUT2D eigenvalue weighted by Crippen LogP contribution is 2.30. The number of rotatable bonds is 5. The fraction of sp³-hybridized carbons (Fsp3) is 0. The molecule has 2 N–H and O–H groups in total. The van der Waals surface area contributed by atoms with Gasteiger partial charge in [0.05, 0.1) is 16.9 Å². The zero-order chi connectivity index (χ0) is 21.1. The van der Waals surface area contributed by atoms with Crippen molar-refractivity contribution in [1.82, 2.24) is 9.36 Å². The Morgan fingerprint density at radius 3 is 1.87 bits per heavy atom. The molecular formula is C22H16N4O4. The number of aromatic nitrogens is 2.